The van der Waals surface area contributed by atoms with Crippen LogP contribution < -0.4 is 5.32 Å². The fourth-order valence-corrected chi connectivity index (χ4v) is 3.00. The van der Waals surface area contributed by atoms with E-state index < -0.39 is 0 Å². The highest BCUT2D eigenvalue weighted by Gasteiger charge is 2.27. The van der Waals surface area contributed by atoms with Gasteiger partial charge in [-0.25, -0.2) is 4.98 Å². The number of esters is 1. The molecule has 0 aliphatic heterocycles. The predicted molar refractivity (Wildman–Crippen MR) is 101 cm³/mol. The second-order valence-electron chi connectivity index (χ2n) is 6.99. The number of para-hydroxylation sites is 2. The number of hydrogen-bond acceptors (Lipinski definition) is 4. The molecule has 1 heterocycles. The van der Waals surface area contributed by atoms with Gasteiger partial charge in [0.2, 0.25) is 5.91 Å². The SMILES string of the molecule is CCCC[C@H](CC(=O)OC)C(=O)N[C@H](c1nc2ccccc2[nH]1)C(C)C. The summed E-state index contributed by atoms with van der Waals surface area (Å²) in [4.78, 5) is 32.4. The van der Waals surface area contributed by atoms with Gasteiger partial charge in [-0.05, 0) is 24.5 Å². The monoisotopic (exact) mass is 359 g/mol. The van der Waals surface area contributed by atoms with Gasteiger partial charge >= 0.3 is 5.97 Å². The van der Waals surface area contributed by atoms with Crippen molar-refractivity contribution in [2.75, 3.05) is 7.11 Å². The number of rotatable bonds is 9. The molecule has 0 saturated carbocycles. The number of H-pyrrole nitrogens is 1. The average Bonchev–Trinajstić information content (AvgIpc) is 3.05. The lowest BCUT2D eigenvalue weighted by Crippen LogP contribution is -2.37. The first kappa shape index (κ1) is 19.9. The van der Waals surface area contributed by atoms with Gasteiger partial charge in [0.1, 0.15) is 5.82 Å². The van der Waals surface area contributed by atoms with Crippen LogP contribution >= 0.6 is 0 Å². The molecule has 1 aromatic carbocycles. The molecule has 0 radical (unpaired) electrons. The van der Waals surface area contributed by atoms with Crippen molar-refractivity contribution in [1.29, 1.82) is 0 Å². The van der Waals surface area contributed by atoms with Crippen LogP contribution in [0.1, 0.15) is 58.3 Å². The second kappa shape index (κ2) is 9.36. The first-order valence-electron chi connectivity index (χ1n) is 9.28. The van der Waals surface area contributed by atoms with Crippen LogP contribution in [0.15, 0.2) is 24.3 Å². The average molecular weight is 359 g/mol. The number of unbranched alkanes of at least 4 members (excludes halogenated alkanes) is 1. The number of aromatic amines is 1. The summed E-state index contributed by atoms with van der Waals surface area (Å²) in [6.45, 7) is 6.15. The molecule has 6 nitrogen and oxygen atoms in total. The third kappa shape index (κ3) is 5.07. The van der Waals surface area contributed by atoms with Crippen LogP contribution in [0.5, 0.6) is 0 Å². The molecule has 0 spiro atoms. The molecule has 0 unspecified atom stereocenters. The van der Waals surface area contributed by atoms with Crippen LogP contribution in [0, 0.1) is 11.8 Å². The number of amides is 1. The fourth-order valence-electron chi connectivity index (χ4n) is 3.00. The van der Waals surface area contributed by atoms with Gasteiger partial charge in [-0.3, -0.25) is 9.59 Å². The normalized spacial score (nSPS) is 13.6. The van der Waals surface area contributed by atoms with E-state index in [0.717, 1.165) is 29.7 Å². The van der Waals surface area contributed by atoms with Gasteiger partial charge in [-0.1, -0.05) is 45.7 Å². The first-order valence-corrected chi connectivity index (χ1v) is 9.28. The quantitative estimate of drug-likeness (QED) is 0.668. The summed E-state index contributed by atoms with van der Waals surface area (Å²) in [7, 11) is 1.35. The molecule has 0 aliphatic carbocycles. The summed E-state index contributed by atoms with van der Waals surface area (Å²) in [5, 5.41) is 3.09. The zero-order valence-electron chi connectivity index (χ0n) is 16.0. The number of carbonyl (C=O) groups excluding carboxylic acids is 2. The number of nitrogens with zero attached hydrogens (tertiary/aromatic N) is 1. The van der Waals surface area contributed by atoms with E-state index in [0.29, 0.717) is 6.42 Å². The minimum absolute atomic E-state index is 0.104. The van der Waals surface area contributed by atoms with Crippen LogP contribution in [0.3, 0.4) is 0 Å². The number of imidazole rings is 1. The number of aromatic nitrogens is 2. The van der Waals surface area contributed by atoms with Crippen molar-refractivity contribution >= 4 is 22.9 Å². The first-order chi connectivity index (χ1) is 12.5. The Kier molecular flexibility index (Phi) is 7.18. The third-order valence-electron chi connectivity index (χ3n) is 4.58. The van der Waals surface area contributed by atoms with E-state index in [-0.39, 0.29) is 36.2 Å². The lowest BCUT2D eigenvalue weighted by atomic mass is 9.95. The number of methoxy groups -OCH3 is 1. The van der Waals surface area contributed by atoms with Gasteiger partial charge in [0.15, 0.2) is 0 Å². The van der Waals surface area contributed by atoms with Gasteiger partial charge < -0.3 is 15.0 Å². The van der Waals surface area contributed by atoms with Crippen molar-refractivity contribution in [3.8, 4) is 0 Å². The molecule has 1 aromatic heterocycles. The standard InChI is InChI=1S/C20H29N3O3/c1-5-6-9-14(12-17(24)26-4)20(25)23-18(13(2)3)19-21-15-10-7-8-11-16(15)22-19/h7-8,10-11,13-14,18H,5-6,9,12H2,1-4H3,(H,21,22)(H,23,25)/t14-,18+/m1/s1. The van der Waals surface area contributed by atoms with E-state index in [1.807, 2.05) is 38.1 Å². The number of carbonyl (C=O) groups is 2. The summed E-state index contributed by atoms with van der Waals surface area (Å²) in [5.74, 6) is 0.0356. The zero-order valence-corrected chi connectivity index (χ0v) is 16.0. The number of fused-ring (bicyclic) bond motifs is 1. The Labute approximate surface area is 154 Å². The summed E-state index contributed by atoms with van der Waals surface area (Å²) < 4.78 is 4.75. The summed E-state index contributed by atoms with van der Waals surface area (Å²) in [6, 6.07) is 7.55. The van der Waals surface area contributed by atoms with E-state index in [1.54, 1.807) is 0 Å². The van der Waals surface area contributed by atoms with Crippen molar-refractivity contribution in [2.24, 2.45) is 11.8 Å². The van der Waals surface area contributed by atoms with Gasteiger partial charge in [0, 0.05) is 5.92 Å². The number of ether oxygens (including phenoxy) is 1. The van der Waals surface area contributed by atoms with E-state index in [2.05, 4.69) is 22.2 Å². The van der Waals surface area contributed by atoms with Crippen LogP contribution in [-0.2, 0) is 14.3 Å². The molecule has 2 N–H and O–H groups in total. The fraction of sp³-hybridized carbons (Fsp3) is 0.550. The molecule has 2 rings (SSSR count). The van der Waals surface area contributed by atoms with Gasteiger partial charge in [0.25, 0.3) is 0 Å². The molecule has 1 amide bonds. The minimum Gasteiger partial charge on any atom is -0.469 e. The van der Waals surface area contributed by atoms with E-state index in [1.165, 1.54) is 7.11 Å². The van der Waals surface area contributed by atoms with Gasteiger partial charge in [-0.2, -0.15) is 0 Å². The Hall–Kier alpha value is -2.37. The van der Waals surface area contributed by atoms with Crippen molar-refractivity contribution < 1.29 is 14.3 Å². The second-order valence-corrected chi connectivity index (χ2v) is 6.99. The Bertz CT molecular complexity index is 706. The van der Waals surface area contributed by atoms with Crippen molar-refractivity contribution in [2.45, 2.75) is 52.5 Å². The maximum Gasteiger partial charge on any atom is 0.306 e. The Morgan fingerprint density at radius 2 is 2.00 bits per heavy atom. The Morgan fingerprint density at radius 3 is 2.62 bits per heavy atom. The molecule has 6 heteroatoms. The molecular formula is C20H29N3O3. The Balaban J connectivity index is 2.18. The molecule has 2 aromatic rings. The highest BCUT2D eigenvalue weighted by Crippen LogP contribution is 2.24. The summed E-state index contributed by atoms with van der Waals surface area (Å²) >= 11 is 0. The third-order valence-corrected chi connectivity index (χ3v) is 4.58. The topological polar surface area (TPSA) is 84.1 Å². The van der Waals surface area contributed by atoms with Crippen LogP contribution in [0.2, 0.25) is 0 Å². The van der Waals surface area contributed by atoms with E-state index in [9.17, 15) is 9.59 Å². The number of nitrogens with one attached hydrogen (secondary N) is 2. The van der Waals surface area contributed by atoms with Crippen molar-refractivity contribution in [3.05, 3.63) is 30.1 Å². The predicted octanol–water partition coefficient (Wildman–Crippen LogP) is 3.75. The number of hydrogen-bond donors (Lipinski definition) is 2. The van der Waals surface area contributed by atoms with E-state index in [4.69, 9.17) is 4.74 Å². The van der Waals surface area contributed by atoms with Crippen LogP contribution in [0.4, 0.5) is 0 Å². The van der Waals surface area contributed by atoms with Crippen LogP contribution in [-0.4, -0.2) is 29.0 Å². The molecule has 0 aliphatic rings. The highest BCUT2D eigenvalue weighted by molar-refractivity contribution is 5.84. The van der Waals surface area contributed by atoms with Gasteiger partial charge in [0.05, 0.1) is 30.6 Å². The van der Waals surface area contributed by atoms with Crippen molar-refractivity contribution in [3.63, 3.8) is 0 Å². The summed E-state index contributed by atoms with van der Waals surface area (Å²) in [6.07, 6.45) is 2.64. The maximum absolute atomic E-state index is 12.8. The zero-order chi connectivity index (χ0) is 19.1. The summed E-state index contributed by atoms with van der Waals surface area (Å²) in [5.41, 5.74) is 1.82. The van der Waals surface area contributed by atoms with Crippen LogP contribution in [0.25, 0.3) is 11.0 Å². The maximum atomic E-state index is 12.8. The molecule has 26 heavy (non-hydrogen) atoms. The molecular weight excluding hydrogens is 330 g/mol. The lowest BCUT2D eigenvalue weighted by Gasteiger charge is -2.23. The highest BCUT2D eigenvalue weighted by atomic mass is 16.5. The number of benzene rings is 1. The smallest absolute Gasteiger partial charge is 0.306 e. The largest absolute Gasteiger partial charge is 0.469 e. The molecule has 0 bridgehead atoms. The Morgan fingerprint density at radius 1 is 1.27 bits per heavy atom. The molecule has 0 fully saturated rings. The molecule has 0 saturated heterocycles. The van der Waals surface area contributed by atoms with Crippen molar-refractivity contribution in [1.82, 2.24) is 15.3 Å². The van der Waals surface area contributed by atoms with E-state index >= 15 is 0 Å². The lowest BCUT2D eigenvalue weighted by molar-refractivity contribution is -0.144. The molecule has 2 atom stereocenters. The van der Waals surface area contributed by atoms with Gasteiger partial charge in [-0.15, -0.1) is 0 Å². The molecule has 142 valence electrons. The minimum atomic E-state index is -0.381.